The van der Waals surface area contributed by atoms with E-state index in [2.05, 4.69) is 4.74 Å². The van der Waals surface area contributed by atoms with Crippen LogP contribution in [0.2, 0.25) is 0 Å². The topological polar surface area (TPSA) is 26.3 Å². The molecule has 0 aliphatic carbocycles. The van der Waals surface area contributed by atoms with Crippen LogP contribution in [0.1, 0.15) is 19.3 Å². The van der Waals surface area contributed by atoms with E-state index in [1.54, 1.807) is 0 Å². The van der Waals surface area contributed by atoms with Crippen molar-refractivity contribution in [1.82, 2.24) is 0 Å². The van der Waals surface area contributed by atoms with E-state index in [-0.39, 0.29) is 12.2 Å². The number of hydrogen-bond donors (Lipinski definition) is 0. The van der Waals surface area contributed by atoms with Crippen molar-refractivity contribution in [2.45, 2.75) is 31.6 Å². The molecule has 9 heteroatoms. The molecular weight excluding hydrogens is 298 g/mol. The Balaban J connectivity index is 4.12. The predicted molar refractivity (Wildman–Crippen MR) is 58.8 cm³/mol. The molecule has 0 aliphatic rings. The average molecular weight is 312 g/mol. The quantitative estimate of drug-likeness (QED) is 0.406. The number of esters is 1. The van der Waals surface area contributed by atoms with Crippen LogP contribution in [-0.4, -0.2) is 36.9 Å². The number of ether oxygens (including phenoxy) is 1. The first kappa shape index (κ1) is 18.4. The lowest BCUT2D eigenvalue weighted by atomic mass is 10.1. The third-order valence-electron chi connectivity index (χ3n) is 2.24. The number of rotatable bonds is 7. The Hall–Kier alpha value is -0.600. The Labute approximate surface area is 110 Å². The van der Waals surface area contributed by atoms with Gasteiger partial charge in [0.05, 0.1) is 19.4 Å². The van der Waals surface area contributed by atoms with E-state index < -0.39 is 42.8 Å². The second-order valence-electron chi connectivity index (χ2n) is 3.79. The number of alkyl halides is 6. The SMILES string of the molecule is COC(=O)CCSCC(CCC(F)(F)F)C(F)(F)F. The van der Waals surface area contributed by atoms with E-state index in [0.717, 1.165) is 18.9 Å². The van der Waals surface area contributed by atoms with Crippen molar-refractivity contribution in [2.75, 3.05) is 18.6 Å². The van der Waals surface area contributed by atoms with Gasteiger partial charge in [0.1, 0.15) is 0 Å². The lowest BCUT2D eigenvalue weighted by molar-refractivity contribution is -0.183. The summed E-state index contributed by atoms with van der Waals surface area (Å²) in [6.07, 6.45) is -11.8. The van der Waals surface area contributed by atoms with Gasteiger partial charge in [-0.15, -0.1) is 0 Å². The Kier molecular flexibility index (Phi) is 7.61. The largest absolute Gasteiger partial charge is 0.469 e. The number of carbonyl (C=O) groups is 1. The van der Waals surface area contributed by atoms with Crippen molar-refractivity contribution in [1.29, 1.82) is 0 Å². The van der Waals surface area contributed by atoms with Gasteiger partial charge in [0.25, 0.3) is 0 Å². The summed E-state index contributed by atoms with van der Waals surface area (Å²) in [7, 11) is 1.15. The van der Waals surface area contributed by atoms with Gasteiger partial charge in [-0.05, 0) is 6.42 Å². The molecule has 0 spiro atoms. The van der Waals surface area contributed by atoms with Gasteiger partial charge in [0, 0.05) is 17.9 Å². The molecule has 0 radical (unpaired) electrons. The normalized spacial score (nSPS) is 14.3. The highest BCUT2D eigenvalue weighted by atomic mass is 32.2. The van der Waals surface area contributed by atoms with Crippen LogP contribution < -0.4 is 0 Å². The summed E-state index contributed by atoms with van der Waals surface area (Å²) in [5.41, 5.74) is 0. The minimum atomic E-state index is -4.66. The van der Waals surface area contributed by atoms with Gasteiger partial charge < -0.3 is 4.74 Å². The van der Waals surface area contributed by atoms with Gasteiger partial charge in [-0.3, -0.25) is 4.79 Å². The highest BCUT2D eigenvalue weighted by Crippen LogP contribution is 2.35. The summed E-state index contributed by atoms with van der Waals surface area (Å²) < 4.78 is 77.4. The Bertz CT molecular complexity index is 276. The van der Waals surface area contributed by atoms with E-state index in [0.29, 0.717) is 0 Å². The lowest BCUT2D eigenvalue weighted by Gasteiger charge is -2.20. The van der Waals surface area contributed by atoms with Gasteiger partial charge in [0.15, 0.2) is 0 Å². The molecule has 0 aromatic carbocycles. The average Bonchev–Trinajstić information content (AvgIpc) is 2.24. The summed E-state index contributed by atoms with van der Waals surface area (Å²) in [4.78, 5) is 10.7. The fraction of sp³-hybridized carbons (Fsp3) is 0.900. The van der Waals surface area contributed by atoms with Gasteiger partial charge in [-0.2, -0.15) is 38.1 Å². The Morgan fingerprint density at radius 2 is 1.79 bits per heavy atom. The maximum Gasteiger partial charge on any atom is 0.392 e. The predicted octanol–water partition coefficient (Wildman–Crippen LogP) is 3.80. The smallest absolute Gasteiger partial charge is 0.392 e. The van der Waals surface area contributed by atoms with Crippen molar-refractivity contribution in [2.24, 2.45) is 5.92 Å². The molecule has 0 bridgehead atoms. The Morgan fingerprint density at radius 3 is 2.21 bits per heavy atom. The third-order valence-corrected chi connectivity index (χ3v) is 3.37. The molecule has 19 heavy (non-hydrogen) atoms. The maximum absolute atomic E-state index is 12.5. The summed E-state index contributed by atoms with van der Waals surface area (Å²) in [6.45, 7) is 0. The van der Waals surface area contributed by atoms with Crippen molar-refractivity contribution >= 4 is 17.7 Å². The van der Waals surface area contributed by atoms with E-state index in [1.165, 1.54) is 0 Å². The van der Waals surface area contributed by atoms with Gasteiger partial charge in [-0.1, -0.05) is 0 Å². The van der Waals surface area contributed by atoms with Crippen molar-refractivity contribution < 1.29 is 35.9 Å². The first-order chi connectivity index (χ1) is 8.56. The third kappa shape index (κ3) is 9.92. The van der Waals surface area contributed by atoms with Gasteiger partial charge in [-0.25, -0.2) is 0 Å². The number of hydrogen-bond acceptors (Lipinski definition) is 3. The van der Waals surface area contributed by atoms with Crippen LogP contribution in [-0.2, 0) is 9.53 Å². The van der Waals surface area contributed by atoms with E-state index in [1.807, 2.05) is 0 Å². The van der Waals surface area contributed by atoms with Crippen molar-refractivity contribution in [3.05, 3.63) is 0 Å². The molecule has 0 aliphatic heterocycles. The molecule has 114 valence electrons. The minimum absolute atomic E-state index is 0.0645. The number of methoxy groups -OCH3 is 1. The zero-order chi connectivity index (χ0) is 15.1. The molecule has 0 saturated heterocycles. The summed E-state index contributed by atoms with van der Waals surface area (Å²) in [5.74, 6) is -2.98. The van der Waals surface area contributed by atoms with Gasteiger partial charge in [0.2, 0.25) is 0 Å². The Morgan fingerprint density at radius 1 is 1.21 bits per heavy atom. The van der Waals surface area contributed by atoms with Crippen LogP contribution >= 0.6 is 11.8 Å². The van der Waals surface area contributed by atoms with Crippen molar-refractivity contribution in [3.63, 3.8) is 0 Å². The van der Waals surface area contributed by atoms with Crippen LogP contribution in [0, 0.1) is 5.92 Å². The summed E-state index contributed by atoms with van der Waals surface area (Å²) >= 11 is 0.794. The van der Waals surface area contributed by atoms with E-state index in [4.69, 9.17) is 0 Å². The second-order valence-corrected chi connectivity index (χ2v) is 4.94. The van der Waals surface area contributed by atoms with Crippen LogP contribution in [0.4, 0.5) is 26.3 Å². The first-order valence-corrected chi connectivity index (χ1v) is 6.49. The fourth-order valence-corrected chi connectivity index (χ4v) is 2.28. The zero-order valence-corrected chi connectivity index (χ0v) is 10.9. The summed E-state index contributed by atoms with van der Waals surface area (Å²) in [6, 6.07) is 0. The molecular formula is C10H14F6O2S. The number of thioether (sulfide) groups is 1. The van der Waals surface area contributed by atoms with Crippen LogP contribution in [0.3, 0.4) is 0 Å². The number of carbonyl (C=O) groups excluding carboxylic acids is 1. The molecule has 0 aromatic rings. The second kappa shape index (κ2) is 7.86. The number of halogens is 6. The molecule has 0 fully saturated rings. The van der Waals surface area contributed by atoms with Crippen LogP contribution in [0.5, 0.6) is 0 Å². The highest BCUT2D eigenvalue weighted by Gasteiger charge is 2.41. The molecule has 1 unspecified atom stereocenters. The van der Waals surface area contributed by atoms with E-state index in [9.17, 15) is 31.1 Å². The molecule has 0 rings (SSSR count). The fourth-order valence-electron chi connectivity index (χ4n) is 1.16. The van der Waals surface area contributed by atoms with E-state index >= 15 is 0 Å². The molecule has 0 amide bonds. The molecule has 0 aromatic heterocycles. The maximum atomic E-state index is 12.5. The molecule has 1 atom stereocenters. The molecule has 0 heterocycles. The molecule has 0 N–H and O–H groups in total. The molecule has 0 saturated carbocycles. The highest BCUT2D eigenvalue weighted by molar-refractivity contribution is 7.99. The minimum Gasteiger partial charge on any atom is -0.469 e. The first-order valence-electron chi connectivity index (χ1n) is 5.34. The molecule has 2 nitrogen and oxygen atoms in total. The summed E-state index contributed by atoms with van der Waals surface area (Å²) in [5, 5.41) is 0. The van der Waals surface area contributed by atoms with Crippen LogP contribution in [0.15, 0.2) is 0 Å². The lowest BCUT2D eigenvalue weighted by Crippen LogP contribution is -2.27. The van der Waals surface area contributed by atoms with Crippen LogP contribution in [0.25, 0.3) is 0 Å². The standard InChI is InChI=1S/C10H14F6O2S/c1-18-8(17)3-5-19-6-7(10(14,15)16)2-4-9(11,12)13/h7H,2-6H2,1H3. The monoisotopic (exact) mass is 312 g/mol. The van der Waals surface area contributed by atoms with Crippen molar-refractivity contribution in [3.8, 4) is 0 Å². The zero-order valence-electron chi connectivity index (χ0n) is 10.1. The van der Waals surface area contributed by atoms with Gasteiger partial charge >= 0.3 is 18.3 Å².